The molecular formula is C14H14ClNO2. The van der Waals surface area contributed by atoms with Gasteiger partial charge in [0.1, 0.15) is 5.76 Å². The Balaban J connectivity index is 2.26. The molecule has 94 valence electrons. The van der Waals surface area contributed by atoms with Gasteiger partial charge in [-0.25, -0.2) is 0 Å². The van der Waals surface area contributed by atoms with Crippen LogP contribution in [0.5, 0.6) is 0 Å². The first-order valence-corrected chi connectivity index (χ1v) is 6.11. The summed E-state index contributed by atoms with van der Waals surface area (Å²) in [4.78, 5) is 11.7. The van der Waals surface area contributed by atoms with Crippen LogP contribution in [0.1, 0.15) is 24.4 Å². The van der Waals surface area contributed by atoms with Gasteiger partial charge in [0.05, 0.1) is 5.02 Å². The van der Waals surface area contributed by atoms with E-state index in [0.29, 0.717) is 16.5 Å². The molecular weight excluding hydrogens is 250 g/mol. The van der Waals surface area contributed by atoms with Gasteiger partial charge in [-0.05, 0) is 38.1 Å². The minimum Gasteiger partial charge on any atom is -0.451 e. The maximum atomic E-state index is 11.7. The lowest BCUT2D eigenvalue weighted by atomic mass is 10.2. The molecule has 0 bridgehead atoms. The summed E-state index contributed by atoms with van der Waals surface area (Å²) in [5.41, 5.74) is 0.780. The van der Waals surface area contributed by atoms with Gasteiger partial charge in [-0.1, -0.05) is 23.7 Å². The summed E-state index contributed by atoms with van der Waals surface area (Å²) in [5.74, 6) is 0.663. The van der Waals surface area contributed by atoms with Crippen LogP contribution in [0, 0.1) is 0 Å². The van der Waals surface area contributed by atoms with Crippen LogP contribution in [-0.2, 0) is 0 Å². The van der Waals surface area contributed by atoms with Gasteiger partial charge in [0.2, 0.25) is 0 Å². The van der Waals surface area contributed by atoms with Crippen LogP contribution < -0.4 is 5.32 Å². The summed E-state index contributed by atoms with van der Waals surface area (Å²) >= 11 is 6.07. The average molecular weight is 264 g/mol. The number of carbonyl (C=O) groups excluding carboxylic acids is 1. The van der Waals surface area contributed by atoms with Gasteiger partial charge >= 0.3 is 0 Å². The molecule has 0 fully saturated rings. The Bertz CT molecular complexity index is 560. The van der Waals surface area contributed by atoms with E-state index < -0.39 is 0 Å². The number of halogens is 1. The number of hydrogen-bond acceptors (Lipinski definition) is 2. The molecule has 0 aliphatic heterocycles. The third-order valence-corrected chi connectivity index (χ3v) is 2.72. The van der Waals surface area contributed by atoms with E-state index in [-0.39, 0.29) is 11.9 Å². The molecule has 1 N–H and O–H groups in total. The fourth-order valence-corrected chi connectivity index (χ4v) is 1.83. The van der Waals surface area contributed by atoms with Crippen molar-refractivity contribution in [1.29, 1.82) is 0 Å². The topological polar surface area (TPSA) is 42.2 Å². The molecule has 0 aliphatic carbocycles. The Hall–Kier alpha value is -1.74. The third kappa shape index (κ3) is 2.74. The van der Waals surface area contributed by atoms with Crippen molar-refractivity contribution in [1.82, 2.24) is 5.32 Å². The summed E-state index contributed by atoms with van der Waals surface area (Å²) < 4.78 is 5.52. The van der Waals surface area contributed by atoms with Crippen LogP contribution in [0.3, 0.4) is 0 Å². The fraction of sp³-hybridized carbons (Fsp3) is 0.214. The monoisotopic (exact) mass is 263 g/mol. The van der Waals surface area contributed by atoms with Crippen molar-refractivity contribution in [2.45, 2.75) is 19.9 Å². The average Bonchev–Trinajstić information content (AvgIpc) is 2.78. The Morgan fingerprint density at radius 2 is 1.94 bits per heavy atom. The zero-order chi connectivity index (χ0) is 13.1. The first kappa shape index (κ1) is 12.7. The molecule has 18 heavy (non-hydrogen) atoms. The molecule has 4 heteroatoms. The second kappa shape index (κ2) is 5.27. The molecule has 3 nitrogen and oxygen atoms in total. The number of nitrogens with one attached hydrogen (secondary N) is 1. The molecule has 0 atom stereocenters. The molecule has 0 radical (unpaired) electrons. The zero-order valence-corrected chi connectivity index (χ0v) is 11.0. The number of hydrogen-bond donors (Lipinski definition) is 1. The van der Waals surface area contributed by atoms with E-state index in [0.717, 1.165) is 5.56 Å². The Kier molecular flexibility index (Phi) is 3.72. The molecule has 1 heterocycles. The number of carbonyl (C=O) groups is 1. The van der Waals surface area contributed by atoms with E-state index in [4.69, 9.17) is 16.0 Å². The van der Waals surface area contributed by atoms with E-state index in [1.54, 1.807) is 18.2 Å². The van der Waals surface area contributed by atoms with Crippen molar-refractivity contribution < 1.29 is 9.21 Å². The molecule has 2 rings (SSSR count). The van der Waals surface area contributed by atoms with Crippen LogP contribution >= 0.6 is 11.6 Å². The van der Waals surface area contributed by atoms with Gasteiger partial charge in [0.15, 0.2) is 5.76 Å². The number of benzene rings is 1. The standard InChI is InChI=1S/C14H14ClNO2/c1-9(2)16-14(17)13-8-7-12(18-13)10-5-3-4-6-11(10)15/h3-9H,1-2H3,(H,16,17). The highest BCUT2D eigenvalue weighted by Crippen LogP contribution is 2.28. The van der Waals surface area contributed by atoms with Crippen molar-refractivity contribution in [3.05, 3.63) is 47.2 Å². The first-order chi connectivity index (χ1) is 8.58. The maximum absolute atomic E-state index is 11.7. The highest BCUT2D eigenvalue weighted by atomic mass is 35.5. The lowest BCUT2D eigenvalue weighted by molar-refractivity contribution is 0.0916. The van der Waals surface area contributed by atoms with Gasteiger partial charge in [-0.15, -0.1) is 0 Å². The van der Waals surface area contributed by atoms with E-state index >= 15 is 0 Å². The van der Waals surface area contributed by atoms with Crippen LogP contribution in [0.4, 0.5) is 0 Å². The second-order valence-electron chi connectivity index (χ2n) is 4.27. The number of amides is 1. The molecule has 0 saturated carbocycles. The highest BCUT2D eigenvalue weighted by molar-refractivity contribution is 6.33. The molecule has 1 amide bonds. The van der Waals surface area contributed by atoms with Gasteiger partial charge in [-0.3, -0.25) is 4.79 Å². The fourth-order valence-electron chi connectivity index (χ4n) is 1.60. The van der Waals surface area contributed by atoms with Crippen LogP contribution in [0.15, 0.2) is 40.8 Å². The van der Waals surface area contributed by atoms with Gasteiger partial charge < -0.3 is 9.73 Å². The zero-order valence-electron chi connectivity index (χ0n) is 10.2. The summed E-state index contributed by atoms with van der Waals surface area (Å²) in [6.45, 7) is 3.80. The predicted molar refractivity (Wildman–Crippen MR) is 71.8 cm³/mol. The van der Waals surface area contributed by atoms with E-state index in [2.05, 4.69) is 5.32 Å². The van der Waals surface area contributed by atoms with E-state index in [1.165, 1.54) is 0 Å². The van der Waals surface area contributed by atoms with Crippen molar-refractivity contribution in [2.24, 2.45) is 0 Å². The van der Waals surface area contributed by atoms with E-state index in [9.17, 15) is 4.79 Å². The Morgan fingerprint density at radius 1 is 1.22 bits per heavy atom. The summed E-state index contributed by atoms with van der Waals surface area (Å²) in [6.07, 6.45) is 0. The lowest BCUT2D eigenvalue weighted by Crippen LogP contribution is -2.29. The van der Waals surface area contributed by atoms with Crippen molar-refractivity contribution in [2.75, 3.05) is 0 Å². The third-order valence-electron chi connectivity index (χ3n) is 2.39. The Morgan fingerprint density at radius 3 is 2.61 bits per heavy atom. The SMILES string of the molecule is CC(C)NC(=O)c1ccc(-c2ccccc2Cl)o1. The van der Waals surface area contributed by atoms with Crippen LogP contribution in [0.2, 0.25) is 5.02 Å². The smallest absolute Gasteiger partial charge is 0.287 e. The Labute approximate surface area is 111 Å². The molecule has 1 aromatic heterocycles. The molecule has 0 unspecified atom stereocenters. The molecule has 2 aromatic rings. The van der Waals surface area contributed by atoms with Crippen LogP contribution in [0.25, 0.3) is 11.3 Å². The molecule has 0 saturated heterocycles. The summed E-state index contributed by atoms with van der Waals surface area (Å²) in [5, 5.41) is 3.37. The minimum absolute atomic E-state index is 0.0753. The van der Waals surface area contributed by atoms with Crippen LogP contribution in [-0.4, -0.2) is 11.9 Å². The lowest BCUT2D eigenvalue weighted by Gasteiger charge is -2.05. The molecule has 0 spiro atoms. The predicted octanol–water partition coefficient (Wildman–Crippen LogP) is 3.74. The summed E-state index contributed by atoms with van der Waals surface area (Å²) in [6, 6.07) is 10.8. The van der Waals surface area contributed by atoms with Gasteiger partial charge in [0.25, 0.3) is 5.91 Å². The number of furan rings is 1. The maximum Gasteiger partial charge on any atom is 0.287 e. The summed E-state index contributed by atoms with van der Waals surface area (Å²) in [7, 11) is 0. The quantitative estimate of drug-likeness (QED) is 0.917. The van der Waals surface area contributed by atoms with Gasteiger partial charge in [-0.2, -0.15) is 0 Å². The van der Waals surface area contributed by atoms with Gasteiger partial charge in [0, 0.05) is 11.6 Å². The molecule has 0 aliphatic rings. The van der Waals surface area contributed by atoms with Crippen molar-refractivity contribution in [3.63, 3.8) is 0 Å². The normalized spacial score (nSPS) is 10.7. The second-order valence-corrected chi connectivity index (χ2v) is 4.68. The van der Waals surface area contributed by atoms with Crippen molar-refractivity contribution >= 4 is 17.5 Å². The minimum atomic E-state index is -0.219. The van der Waals surface area contributed by atoms with E-state index in [1.807, 2.05) is 32.0 Å². The van der Waals surface area contributed by atoms with Crippen molar-refractivity contribution in [3.8, 4) is 11.3 Å². The molecule has 1 aromatic carbocycles. The largest absolute Gasteiger partial charge is 0.451 e. The highest BCUT2D eigenvalue weighted by Gasteiger charge is 2.14. The first-order valence-electron chi connectivity index (χ1n) is 5.73. The number of rotatable bonds is 3.